The number of hydrogen-bond donors (Lipinski definition) is 3. The molecule has 1 aromatic carbocycles. The van der Waals surface area contributed by atoms with E-state index in [1.165, 1.54) is 12.8 Å². The van der Waals surface area contributed by atoms with Crippen LogP contribution in [-0.2, 0) is 4.79 Å². The normalized spacial score (nSPS) is 17.8. The molecular weight excluding hydrogens is 312 g/mol. The number of amides is 1. The molecule has 3 N–H and O–H groups in total. The van der Waals surface area contributed by atoms with Crippen molar-refractivity contribution in [2.24, 2.45) is 5.92 Å². The minimum absolute atomic E-state index is 0. The maximum atomic E-state index is 12.0. The molecule has 1 aliphatic rings. The van der Waals surface area contributed by atoms with E-state index in [1.54, 1.807) is 0 Å². The van der Waals surface area contributed by atoms with Crippen molar-refractivity contribution >= 4 is 18.3 Å². The van der Waals surface area contributed by atoms with Crippen LogP contribution in [0.2, 0.25) is 0 Å². The second kappa shape index (κ2) is 10.6. The van der Waals surface area contributed by atoms with Crippen molar-refractivity contribution in [3.05, 3.63) is 35.9 Å². The average Bonchev–Trinajstić information content (AvgIpc) is 2.54. The summed E-state index contributed by atoms with van der Waals surface area (Å²) < 4.78 is 0. The van der Waals surface area contributed by atoms with Crippen LogP contribution in [0.3, 0.4) is 0 Å². The first-order valence-corrected chi connectivity index (χ1v) is 8.38. The second-order valence-corrected chi connectivity index (χ2v) is 6.36. The largest absolute Gasteiger partial charge is 0.388 e. The van der Waals surface area contributed by atoms with E-state index in [9.17, 15) is 9.90 Å². The number of piperidine rings is 1. The summed E-state index contributed by atoms with van der Waals surface area (Å²) in [4.78, 5) is 12.0. The highest BCUT2D eigenvalue weighted by molar-refractivity contribution is 5.85. The maximum absolute atomic E-state index is 12.0. The van der Waals surface area contributed by atoms with Crippen molar-refractivity contribution in [1.29, 1.82) is 0 Å². The summed E-state index contributed by atoms with van der Waals surface area (Å²) in [5.41, 5.74) is 0.901. The van der Waals surface area contributed by atoms with Gasteiger partial charge in [-0.05, 0) is 57.2 Å². The number of aliphatic hydroxyl groups is 1. The lowest BCUT2D eigenvalue weighted by Crippen LogP contribution is -2.34. The molecule has 0 aromatic heterocycles. The number of carbonyl (C=O) groups is 1. The smallest absolute Gasteiger partial charge is 0.220 e. The van der Waals surface area contributed by atoms with Crippen molar-refractivity contribution in [3.8, 4) is 0 Å². The molecule has 4 nitrogen and oxygen atoms in total. The Bertz CT molecular complexity index is 450. The fraction of sp³-hybridized carbons (Fsp3) is 0.611. The van der Waals surface area contributed by atoms with Crippen molar-refractivity contribution in [2.75, 3.05) is 13.1 Å². The fourth-order valence-corrected chi connectivity index (χ4v) is 3.06. The van der Waals surface area contributed by atoms with Crippen LogP contribution < -0.4 is 10.6 Å². The van der Waals surface area contributed by atoms with Crippen LogP contribution in [0.25, 0.3) is 0 Å². The summed E-state index contributed by atoms with van der Waals surface area (Å²) >= 11 is 0. The summed E-state index contributed by atoms with van der Waals surface area (Å²) in [7, 11) is 0. The van der Waals surface area contributed by atoms with Gasteiger partial charge in [0, 0.05) is 12.5 Å². The van der Waals surface area contributed by atoms with E-state index in [0.29, 0.717) is 18.8 Å². The number of halogens is 1. The van der Waals surface area contributed by atoms with Crippen LogP contribution >= 0.6 is 12.4 Å². The summed E-state index contributed by atoms with van der Waals surface area (Å²) in [6.07, 6.45) is 3.94. The SMILES string of the molecule is CC(CC(O)c1ccccc1)NC(=O)CCC1CCNCC1.Cl. The van der Waals surface area contributed by atoms with Crippen molar-refractivity contribution < 1.29 is 9.90 Å². The molecule has 130 valence electrons. The van der Waals surface area contributed by atoms with Gasteiger partial charge in [0.15, 0.2) is 0 Å². The van der Waals surface area contributed by atoms with Crippen molar-refractivity contribution in [3.63, 3.8) is 0 Å². The zero-order chi connectivity index (χ0) is 15.8. The van der Waals surface area contributed by atoms with Gasteiger partial charge in [-0.25, -0.2) is 0 Å². The van der Waals surface area contributed by atoms with E-state index >= 15 is 0 Å². The minimum Gasteiger partial charge on any atom is -0.388 e. The highest BCUT2D eigenvalue weighted by Gasteiger charge is 2.17. The highest BCUT2D eigenvalue weighted by Crippen LogP contribution is 2.19. The van der Waals surface area contributed by atoms with E-state index in [-0.39, 0.29) is 24.4 Å². The van der Waals surface area contributed by atoms with E-state index in [0.717, 1.165) is 25.1 Å². The monoisotopic (exact) mass is 340 g/mol. The molecule has 2 atom stereocenters. The molecule has 1 aromatic rings. The van der Waals surface area contributed by atoms with E-state index in [1.807, 2.05) is 37.3 Å². The van der Waals surface area contributed by atoms with Crippen molar-refractivity contribution in [2.45, 2.75) is 51.2 Å². The number of rotatable bonds is 7. The van der Waals surface area contributed by atoms with Gasteiger partial charge >= 0.3 is 0 Å². The summed E-state index contributed by atoms with van der Waals surface area (Å²) in [6.45, 7) is 4.10. The lowest BCUT2D eigenvalue weighted by Gasteiger charge is -2.23. The van der Waals surface area contributed by atoms with Gasteiger partial charge in [0.2, 0.25) is 5.91 Å². The highest BCUT2D eigenvalue weighted by atomic mass is 35.5. The fourth-order valence-electron chi connectivity index (χ4n) is 3.06. The molecule has 1 fully saturated rings. The van der Waals surface area contributed by atoms with E-state index in [2.05, 4.69) is 10.6 Å². The topological polar surface area (TPSA) is 61.4 Å². The van der Waals surface area contributed by atoms with Crippen molar-refractivity contribution in [1.82, 2.24) is 10.6 Å². The molecule has 1 amide bonds. The molecule has 1 aliphatic heterocycles. The molecule has 5 heteroatoms. The molecule has 0 radical (unpaired) electrons. The van der Waals surface area contributed by atoms with Gasteiger partial charge in [-0.1, -0.05) is 30.3 Å². The van der Waals surface area contributed by atoms with Crippen LogP contribution in [-0.4, -0.2) is 30.1 Å². The zero-order valence-electron chi connectivity index (χ0n) is 13.8. The molecule has 2 rings (SSSR count). The molecule has 2 unspecified atom stereocenters. The second-order valence-electron chi connectivity index (χ2n) is 6.36. The van der Waals surface area contributed by atoms with Crippen LogP contribution in [0.4, 0.5) is 0 Å². The Hall–Kier alpha value is -1.10. The first-order chi connectivity index (χ1) is 10.6. The van der Waals surface area contributed by atoms with Gasteiger partial charge in [-0.3, -0.25) is 4.79 Å². The number of benzene rings is 1. The van der Waals surface area contributed by atoms with Gasteiger partial charge in [0.05, 0.1) is 6.10 Å². The van der Waals surface area contributed by atoms with Crippen LogP contribution in [0.15, 0.2) is 30.3 Å². The summed E-state index contributed by atoms with van der Waals surface area (Å²) in [6, 6.07) is 9.58. The third-order valence-electron chi connectivity index (χ3n) is 4.41. The summed E-state index contributed by atoms with van der Waals surface area (Å²) in [5.74, 6) is 0.781. The maximum Gasteiger partial charge on any atom is 0.220 e. The van der Waals surface area contributed by atoms with Gasteiger partial charge in [-0.15, -0.1) is 12.4 Å². The molecule has 23 heavy (non-hydrogen) atoms. The van der Waals surface area contributed by atoms with Crippen LogP contribution in [0.5, 0.6) is 0 Å². The Labute approximate surface area is 145 Å². The van der Waals surface area contributed by atoms with E-state index < -0.39 is 6.10 Å². The first-order valence-electron chi connectivity index (χ1n) is 8.38. The molecule has 0 spiro atoms. The first kappa shape index (κ1) is 19.9. The molecule has 0 saturated carbocycles. The number of nitrogens with one attached hydrogen (secondary N) is 2. The average molecular weight is 341 g/mol. The number of carbonyl (C=O) groups excluding carboxylic acids is 1. The third-order valence-corrected chi connectivity index (χ3v) is 4.41. The molecule has 1 saturated heterocycles. The lowest BCUT2D eigenvalue weighted by atomic mass is 9.93. The Balaban J connectivity index is 0.00000264. The minimum atomic E-state index is -0.527. The van der Waals surface area contributed by atoms with E-state index in [4.69, 9.17) is 0 Å². The number of aliphatic hydroxyl groups excluding tert-OH is 1. The Morgan fingerprint density at radius 1 is 1.30 bits per heavy atom. The predicted molar refractivity (Wildman–Crippen MR) is 95.7 cm³/mol. The van der Waals surface area contributed by atoms with Gasteiger partial charge in [0.25, 0.3) is 0 Å². The Morgan fingerprint density at radius 2 is 1.96 bits per heavy atom. The molecular formula is C18H29ClN2O2. The molecule has 0 bridgehead atoms. The quantitative estimate of drug-likeness (QED) is 0.715. The van der Waals surface area contributed by atoms with Gasteiger partial charge < -0.3 is 15.7 Å². The van der Waals surface area contributed by atoms with Crippen LogP contribution in [0, 0.1) is 5.92 Å². The zero-order valence-corrected chi connectivity index (χ0v) is 14.6. The standard InChI is InChI=1S/C18H28N2O2.ClH/c1-14(13-17(21)16-5-3-2-4-6-16)20-18(22)8-7-15-9-11-19-12-10-15;/h2-6,14-15,17,19,21H,7-13H2,1H3,(H,20,22);1H. The number of hydrogen-bond acceptors (Lipinski definition) is 3. The van der Waals surface area contributed by atoms with Gasteiger partial charge in [-0.2, -0.15) is 0 Å². The van der Waals surface area contributed by atoms with Gasteiger partial charge in [0.1, 0.15) is 0 Å². The van der Waals surface area contributed by atoms with Crippen LogP contribution in [0.1, 0.15) is 50.7 Å². The molecule has 1 heterocycles. The predicted octanol–water partition coefficient (Wildman–Crippen LogP) is 2.82. The lowest BCUT2D eigenvalue weighted by molar-refractivity contribution is -0.122. The Kier molecular flexibility index (Phi) is 9.22. The third kappa shape index (κ3) is 7.34. The molecule has 0 aliphatic carbocycles. The summed E-state index contributed by atoms with van der Waals surface area (Å²) in [5, 5.41) is 16.5. The Morgan fingerprint density at radius 3 is 2.61 bits per heavy atom.